The number of hydrogen-bond acceptors (Lipinski definition) is 5. The average molecular weight is 412 g/mol. The first kappa shape index (κ1) is 20.2. The highest BCUT2D eigenvalue weighted by Gasteiger charge is 2.22. The van der Waals surface area contributed by atoms with Crippen molar-refractivity contribution < 1.29 is 14.3 Å². The predicted molar refractivity (Wildman–Crippen MR) is 119 cm³/mol. The summed E-state index contributed by atoms with van der Waals surface area (Å²) in [5.74, 6) is 1.36. The molecule has 0 spiro atoms. The van der Waals surface area contributed by atoms with Crippen molar-refractivity contribution in [1.29, 1.82) is 0 Å². The average Bonchev–Trinajstić information content (AvgIpc) is 2.98. The van der Waals surface area contributed by atoms with E-state index in [2.05, 4.69) is 11.9 Å². The fourth-order valence-corrected chi connectivity index (χ4v) is 3.78. The number of hydrogen-bond donors (Lipinski definition) is 1. The van der Waals surface area contributed by atoms with Crippen LogP contribution in [0.4, 0.5) is 0 Å². The Morgan fingerprint density at radius 1 is 1.14 bits per heavy atom. The van der Waals surface area contributed by atoms with Crippen LogP contribution in [0.25, 0.3) is 6.08 Å². The topological polar surface area (TPSA) is 47.6 Å². The van der Waals surface area contributed by atoms with Gasteiger partial charge < -0.3 is 14.8 Å². The molecule has 0 aromatic heterocycles. The van der Waals surface area contributed by atoms with Crippen LogP contribution in [0.3, 0.4) is 0 Å². The number of carbonyl (C=O) groups is 1. The summed E-state index contributed by atoms with van der Waals surface area (Å²) < 4.78 is 12.3. The van der Waals surface area contributed by atoms with Crippen molar-refractivity contribution in [3.05, 3.63) is 76.7 Å². The van der Waals surface area contributed by atoms with Crippen LogP contribution < -0.4 is 14.8 Å². The zero-order chi connectivity index (χ0) is 19.9. The summed E-state index contributed by atoms with van der Waals surface area (Å²) in [6.45, 7) is 6.58. The number of carbonyl (C=O) groups excluding carboxylic acids is 1. The molecule has 0 bridgehead atoms. The largest absolute Gasteiger partial charge is 0.490 e. The molecule has 3 rings (SSSR count). The Bertz CT molecular complexity index is 937. The van der Waals surface area contributed by atoms with Crippen LogP contribution in [0.2, 0.25) is 0 Å². The van der Waals surface area contributed by atoms with E-state index in [0.29, 0.717) is 28.2 Å². The van der Waals surface area contributed by atoms with Gasteiger partial charge in [0.25, 0.3) is 5.91 Å². The third-order valence-corrected chi connectivity index (χ3v) is 5.19. The Labute approximate surface area is 174 Å². The molecular weight excluding hydrogens is 390 g/mol. The molecule has 1 saturated heterocycles. The fraction of sp³-hybridized carbons (Fsp3) is 0.182. The third-order valence-electron chi connectivity index (χ3n) is 4.03. The molecule has 0 aliphatic carbocycles. The first-order valence-electron chi connectivity index (χ1n) is 8.86. The second-order valence-corrected chi connectivity index (χ2v) is 7.91. The van der Waals surface area contributed by atoms with Crippen LogP contribution in [0.15, 0.2) is 60.0 Å². The van der Waals surface area contributed by atoms with Crippen molar-refractivity contribution in [2.75, 3.05) is 13.2 Å². The summed E-state index contributed by atoms with van der Waals surface area (Å²) in [4.78, 5) is 12.5. The van der Waals surface area contributed by atoms with Crippen LogP contribution in [0, 0.1) is 6.92 Å². The normalized spacial score (nSPS) is 14.8. The van der Waals surface area contributed by atoms with Gasteiger partial charge in [0.15, 0.2) is 0 Å². The molecule has 4 nitrogen and oxygen atoms in total. The van der Waals surface area contributed by atoms with Gasteiger partial charge in [-0.05, 0) is 43.2 Å². The third kappa shape index (κ3) is 5.24. The lowest BCUT2D eigenvalue weighted by atomic mass is 10.1. The fourth-order valence-electron chi connectivity index (χ4n) is 2.75. The lowest BCUT2D eigenvalue weighted by Gasteiger charge is -2.13. The van der Waals surface area contributed by atoms with E-state index in [-0.39, 0.29) is 5.91 Å². The van der Waals surface area contributed by atoms with Crippen molar-refractivity contribution in [3.63, 3.8) is 0 Å². The van der Waals surface area contributed by atoms with Gasteiger partial charge in [-0.2, -0.15) is 0 Å². The van der Waals surface area contributed by atoms with Gasteiger partial charge in [0.1, 0.15) is 29.0 Å². The highest BCUT2D eigenvalue weighted by Crippen LogP contribution is 2.30. The van der Waals surface area contributed by atoms with E-state index < -0.39 is 0 Å². The summed E-state index contributed by atoms with van der Waals surface area (Å²) in [5.41, 5.74) is 3.02. The summed E-state index contributed by atoms with van der Waals surface area (Å²) in [5, 5.41) is 2.63. The molecule has 28 heavy (non-hydrogen) atoms. The molecule has 0 radical (unpaired) electrons. The molecule has 0 saturated carbocycles. The minimum Gasteiger partial charge on any atom is -0.490 e. The number of nitrogens with one attached hydrogen (secondary N) is 1. The van der Waals surface area contributed by atoms with Gasteiger partial charge in [-0.25, -0.2) is 0 Å². The molecule has 1 aliphatic rings. The van der Waals surface area contributed by atoms with Gasteiger partial charge in [0, 0.05) is 5.56 Å². The maximum absolute atomic E-state index is 11.9. The lowest BCUT2D eigenvalue weighted by molar-refractivity contribution is -0.115. The van der Waals surface area contributed by atoms with Crippen molar-refractivity contribution in [2.45, 2.75) is 13.3 Å². The Morgan fingerprint density at radius 3 is 2.61 bits per heavy atom. The zero-order valence-electron chi connectivity index (χ0n) is 15.6. The highest BCUT2D eigenvalue weighted by molar-refractivity contribution is 8.26. The van der Waals surface area contributed by atoms with Crippen molar-refractivity contribution in [3.8, 4) is 11.5 Å². The Hall–Kier alpha value is -2.57. The quantitative estimate of drug-likeness (QED) is 0.296. The van der Waals surface area contributed by atoms with E-state index >= 15 is 0 Å². The van der Waals surface area contributed by atoms with Crippen LogP contribution in [-0.2, 0) is 11.2 Å². The molecule has 0 atom stereocenters. The molecule has 1 fully saturated rings. The molecular formula is C22H21NO3S2. The van der Waals surface area contributed by atoms with Gasteiger partial charge in [-0.15, -0.1) is 6.58 Å². The summed E-state index contributed by atoms with van der Waals surface area (Å²) in [7, 11) is 0. The first-order valence-corrected chi connectivity index (χ1v) is 10.1. The van der Waals surface area contributed by atoms with Crippen molar-refractivity contribution in [1.82, 2.24) is 5.32 Å². The zero-order valence-corrected chi connectivity index (χ0v) is 17.2. The van der Waals surface area contributed by atoms with Gasteiger partial charge in [0.05, 0.1) is 4.91 Å². The predicted octanol–water partition coefficient (Wildman–Crippen LogP) is 4.67. The van der Waals surface area contributed by atoms with E-state index in [1.165, 1.54) is 11.8 Å². The molecule has 1 amide bonds. The summed E-state index contributed by atoms with van der Waals surface area (Å²) in [6.07, 6.45) is 4.42. The summed E-state index contributed by atoms with van der Waals surface area (Å²) >= 11 is 6.30. The van der Waals surface area contributed by atoms with Gasteiger partial charge in [-0.3, -0.25) is 4.79 Å². The number of para-hydroxylation sites is 1. The Balaban J connectivity index is 1.65. The van der Waals surface area contributed by atoms with E-state index in [1.54, 1.807) is 0 Å². The van der Waals surface area contributed by atoms with Crippen molar-refractivity contribution >= 4 is 40.3 Å². The number of aryl methyl sites for hydroxylation is 1. The maximum Gasteiger partial charge on any atom is 0.263 e. The van der Waals surface area contributed by atoms with E-state index in [1.807, 2.05) is 61.5 Å². The van der Waals surface area contributed by atoms with Crippen LogP contribution in [0.1, 0.15) is 16.7 Å². The molecule has 144 valence electrons. The molecule has 1 aliphatic heterocycles. The smallest absolute Gasteiger partial charge is 0.263 e. The van der Waals surface area contributed by atoms with Crippen LogP contribution in [0.5, 0.6) is 11.5 Å². The van der Waals surface area contributed by atoms with Crippen LogP contribution in [-0.4, -0.2) is 23.4 Å². The molecule has 6 heteroatoms. The number of benzene rings is 2. The van der Waals surface area contributed by atoms with Crippen LogP contribution >= 0.6 is 24.0 Å². The lowest BCUT2D eigenvalue weighted by Crippen LogP contribution is -2.17. The number of amides is 1. The van der Waals surface area contributed by atoms with Gasteiger partial charge in [-0.1, -0.05) is 59.9 Å². The SMILES string of the molecule is C=CCc1ccccc1OCCOc1ccc(C)cc1C=C1SC(=S)NC1=O. The Morgan fingerprint density at radius 2 is 1.89 bits per heavy atom. The second-order valence-electron chi connectivity index (χ2n) is 6.19. The minimum atomic E-state index is -0.176. The van der Waals surface area contributed by atoms with E-state index in [0.717, 1.165) is 28.9 Å². The maximum atomic E-state index is 11.9. The molecule has 0 unspecified atom stereocenters. The number of thiocarbonyl (C=S) groups is 1. The highest BCUT2D eigenvalue weighted by atomic mass is 32.2. The number of allylic oxidation sites excluding steroid dienone is 1. The molecule has 1 N–H and O–H groups in total. The van der Waals surface area contributed by atoms with E-state index in [4.69, 9.17) is 21.7 Å². The van der Waals surface area contributed by atoms with Gasteiger partial charge >= 0.3 is 0 Å². The number of thioether (sulfide) groups is 1. The second kappa shape index (κ2) is 9.57. The molecule has 2 aromatic rings. The van der Waals surface area contributed by atoms with Gasteiger partial charge in [0.2, 0.25) is 0 Å². The van der Waals surface area contributed by atoms with Crippen molar-refractivity contribution in [2.24, 2.45) is 0 Å². The number of rotatable bonds is 8. The summed E-state index contributed by atoms with van der Waals surface area (Å²) in [6, 6.07) is 13.8. The van der Waals surface area contributed by atoms with E-state index in [9.17, 15) is 4.79 Å². The number of ether oxygens (including phenoxy) is 2. The molecule has 2 aromatic carbocycles. The molecule has 1 heterocycles. The standard InChI is InChI=1S/C22H21NO3S2/c1-3-6-16-7-4-5-8-18(16)25-11-12-26-19-10-9-15(2)13-17(19)14-20-21(24)23-22(27)28-20/h3-5,7-10,13-14H,1,6,11-12H2,2H3,(H,23,24,27). The Kier molecular flexibility index (Phi) is 6.90. The monoisotopic (exact) mass is 411 g/mol. The minimum absolute atomic E-state index is 0.176. The first-order chi connectivity index (χ1) is 13.6.